The number of benzene rings is 2. The second-order valence-electron chi connectivity index (χ2n) is 5.06. The lowest BCUT2D eigenvalue weighted by Crippen LogP contribution is -2.03. The lowest BCUT2D eigenvalue weighted by atomic mass is 10.1. The van der Waals surface area contributed by atoms with Crippen LogP contribution in [0.1, 0.15) is 0 Å². The van der Waals surface area contributed by atoms with Gasteiger partial charge in [-0.3, -0.25) is 0 Å². The van der Waals surface area contributed by atoms with Crippen LogP contribution in [0.15, 0.2) is 70.1 Å². The first kappa shape index (κ1) is 13.3. The van der Waals surface area contributed by atoms with E-state index in [9.17, 15) is 9.90 Å². The molecule has 0 spiro atoms. The molecule has 0 saturated heterocycles. The van der Waals surface area contributed by atoms with Gasteiger partial charge in [0.05, 0.1) is 23.6 Å². The number of phenols is 1. The summed E-state index contributed by atoms with van der Waals surface area (Å²) in [5.41, 5.74) is 1.95. The highest BCUT2D eigenvalue weighted by atomic mass is 16.4. The van der Waals surface area contributed by atoms with E-state index in [-0.39, 0.29) is 5.75 Å². The molecule has 4 aromatic rings. The SMILES string of the molecule is O=c1oc2cc(-n3ccnn3)ccc2cc1-c1ccc(O)cc1. The zero-order chi connectivity index (χ0) is 15.8. The summed E-state index contributed by atoms with van der Waals surface area (Å²) in [7, 11) is 0. The molecule has 0 radical (unpaired) electrons. The molecular formula is C17H11N3O3. The van der Waals surface area contributed by atoms with Crippen LogP contribution in [-0.4, -0.2) is 20.1 Å². The van der Waals surface area contributed by atoms with Crippen LogP contribution in [0.25, 0.3) is 27.8 Å². The Hall–Kier alpha value is -3.41. The van der Waals surface area contributed by atoms with Crippen molar-refractivity contribution < 1.29 is 9.52 Å². The first-order valence-electron chi connectivity index (χ1n) is 6.95. The zero-order valence-electron chi connectivity index (χ0n) is 11.9. The van der Waals surface area contributed by atoms with Gasteiger partial charge < -0.3 is 9.52 Å². The van der Waals surface area contributed by atoms with Crippen LogP contribution in [0.5, 0.6) is 5.75 Å². The maximum absolute atomic E-state index is 12.3. The molecule has 0 aliphatic heterocycles. The van der Waals surface area contributed by atoms with Gasteiger partial charge in [0.1, 0.15) is 11.3 Å². The molecule has 1 N–H and O–H groups in total. The highest BCUT2D eigenvalue weighted by Gasteiger charge is 2.09. The van der Waals surface area contributed by atoms with E-state index >= 15 is 0 Å². The van der Waals surface area contributed by atoms with Crippen LogP contribution in [0.4, 0.5) is 0 Å². The fourth-order valence-electron chi connectivity index (χ4n) is 2.43. The molecule has 6 nitrogen and oxygen atoms in total. The molecular weight excluding hydrogens is 294 g/mol. The van der Waals surface area contributed by atoms with E-state index in [1.165, 1.54) is 12.1 Å². The van der Waals surface area contributed by atoms with E-state index in [0.717, 1.165) is 11.1 Å². The fourth-order valence-corrected chi connectivity index (χ4v) is 2.43. The largest absolute Gasteiger partial charge is 0.508 e. The first-order valence-corrected chi connectivity index (χ1v) is 6.95. The normalized spacial score (nSPS) is 11.0. The van der Waals surface area contributed by atoms with Crippen molar-refractivity contribution in [1.29, 1.82) is 0 Å². The number of aromatic nitrogens is 3. The number of hydrogen-bond acceptors (Lipinski definition) is 5. The Morgan fingerprint density at radius 2 is 1.87 bits per heavy atom. The van der Waals surface area contributed by atoms with Gasteiger partial charge in [-0.25, -0.2) is 9.48 Å². The minimum absolute atomic E-state index is 0.149. The van der Waals surface area contributed by atoms with E-state index in [1.54, 1.807) is 41.3 Å². The molecule has 0 fully saturated rings. The van der Waals surface area contributed by atoms with Crippen molar-refractivity contribution >= 4 is 11.0 Å². The van der Waals surface area contributed by atoms with Crippen molar-refractivity contribution in [2.45, 2.75) is 0 Å². The summed E-state index contributed by atoms with van der Waals surface area (Å²) in [5.74, 6) is 0.149. The Balaban J connectivity index is 1.87. The number of rotatable bonds is 2. The minimum Gasteiger partial charge on any atom is -0.508 e. The van der Waals surface area contributed by atoms with Crippen LogP contribution < -0.4 is 5.63 Å². The topological polar surface area (TPSA) is 81.2 Å². The van der Waals surface area contributed by atoms with Crippen LogP contribution >= 0.6 is 0 Å². The van der Waals surface area contributed by atoms with E-state index in [0.29, 0.717) is 16.7 Å². The molecule has 0 aliphatic rings. The molecule has 2 aromatic carbocycles. The second kappa shape index (κ2) is 5.10. The third-order valence-electron chi connectivity index (χ3n) is 3.58. The van der Waals surface area contributed by atoms with Gasteiger partial charge in [-0.1, -0.05) is 17.3 Å². The van der Waals surface area contributed by atoms with Gasteiger partial charge in [0.2, 0.25) is 0 Å². The standard InChI is InChI=1S/C17H11N3O3/c21-14-5-2-11(3-6-14)15-9-12-1-4-13(20-8-7-18-19-20)10-16(12)23-17(15)22/h1-10,21H. The number of phenolic OH excluding ortho intramolecular Hbond substituents is 1. The van der Waals surface area contributed by atoms with E-state index in [1.807, 2.05) is 12.1 Å². The summed E-state index contributed by atoms with van der Waals surface area (Å²) in [5, 5.41) is 17.8. The number of hydrogen-bond donors (Lipinski definition) is 1. The fraction of sp³-hybridized carbons (Fsp3) is 0. The number of nitrogens with zero attached hydrogens (tertiary/aromatic N) is 3. The van der Waals surface area contributed by atoms with Crippen LogP contribution in [0.3, 0.4) is 0 Å². The van der Waals surface area contributed by atoms with E-state index in [2.05, 4.69) is 10.3 Å². The summed E-state index contributed by atoms with van der Waals surface area (Å²) in [4.78, 5) is 12.3. The summed E-state index contributed by atoms with van der Waals surface area (Å²) < 4.78 is 7.03. The summed E-state index contributed by atoms with van der Waals surface area (Å²) >= 11 is 0. The van der Waals surface area contributed by atoms with E-state index in [4.69, 9.17) is 4.42 Å². The highest BCUT2D eigenvalue weighted by Crippen LogP contribution is 2.24. The Labute approximate surface area is 130 Å². The van der Waals surface area contributed by atoms with Crippen molar-refractivity contribution in [3.05, 3.63) is 71.3 Å². The van der Waals surface area contributed by atoms with Gasteiger partial charge >= 0.3 is 5.63 Å². The lowest BCUT2D eigenvalue weighted by Gasteiger charge is -2.05. The third-order valence-corrected chi connectivity index (χ3v) is 3.58. The quantitative estimate of drug-likeness (QED) is 0.576. The highest BCUT2D eigenvalue weighted by molar-refractivity contribution is 5.83. The predicted octanol–water partition coefficient (Wildman–Crippen LogP) is 2.75. The van der Waals surface area contributed by atoms with Crippen molar-refractivity contribution in [2.75, 3.05) is 0 Å². The molecule has 6 heteroatoms. The number of fused-ring (bicyclic) bond motifs is 1. The smallest absolute Gasteiger partial charge is 0.344 e. The molecule has 0 aliphatic carbocycles. The Bertz CT molecular complexity index is 1040. The van der Waals surface area contributed by atoms with Crippen molar-refractivity contribution in [1.82, 2.24) is 15.0 Å². The molecule has 2 aromatic heterocycles. The van der Waals surface area contributed by atoms with Crippen molar-refractivity contribution in [3.63, 3.8) is 0 Å². The molecule has 0 amide bonds. The Morgan fingerprint density at radius 3 is 2.61 bits per heavy atom. The minimum atomic E-state index is -0.432. The van der Waals surface area contributed by atoms with Crippen molar-refractivity contribution in [3.8, 4) is 22.6 Å². The molecule has 4 rings (SSSR count). The van der Waals surface area contributed by atoms with Crippen LogP contribution in [-0.2, 0) is 0 Å². The summed E-state index contributed by atoms with van der Waals surface area (Å²) in [6.45, 7) is 0. The molecule has 23 heavy (non-hydrogen) atoms. The monoisotopic (exact) mass is 305 g/mol. The summed E-state index contributed by atoms with van der Waals surface area (Å²) in [6.07, 6.45) is 3.29. The van der Waals surface area contributed by atoms with Gasteiger partial charge in [0.15, 0.2) is 0 Å². The van der Waals surface area contributed by atoms with Gasteiger partial charge in [0, 0.05) is 11.5 Å². The maximum atomic E-state index is 12.3. The van der Waals surface area contributed by atoms with Gasteiger partial charge in [-0.05, 0) is 35.9 Å². The van der Waals surface area contributed by atoms with Gasteiger partial charge in [-0.15, -0.1) is 5.10 Å². The van der Waals surface area contributed by atoms with Gasteiger partial charge in [0.25, 0.3) is 0 Å². The van der Waals surface area contributed by atoms with Crippen LogP contribution in [0, 0.1) is 0 Å². The maximum Gasteiger partial charge on any atom is 0.344 e. The Morgan fingerprint density at radius 1 is 1.04 bits per heavy atom. The molecule has 0 atom stereocenters. The first-order chi connectivity index (χ1) is 11.2. The molecule has 2 heterocycles. The second-order valence-corrected chi connectivity index (χ2v) is 5.06. The van der Waals surface area contributed by atoms with Crippen LogP contribution in [0.2, 0.25) is 0 Å². The predicted molar refractivity (Wildman–Crippen MR) is 84.5 cm³/mol. The van der Waals surface area contributed by atoms with Crippen molar-refractivity contribution in [2.24, 2.45) is 0 Å². The Kier molecular flexibility index (Phi) is 2.94. The lowest BCUT2D eigenvalue weighted by molar-refractivity contribution is 0.475. The van der Waals surface area contributed by atoms with Gasteiger partial charge in [-0.2, -0.15) is 0 Å². The third kappa shape index (κ3) is 2.36. The molecule has 112 valence electrons. The summed E-state index contributed by atoms with van der Waals surface area (Å²) in [6, 6.07) is 13.7. The average molecular weight is 305 g/mol. The average Bonchev–Trinajstić information content (AvgIpc) is 3.09. The molecule has 0 unspecified atom stereocenters. The number of aromatic hydroxyl groups is 1. The molecule has 0 bridgehead atoms. The van der Waals surface area contributed by atoms with E-state index < -0.39 is 5.63 Å². The molecule has 0 saturated carbocycles. The zero-order valence-corrected chi connectivity index (χ0v) is 11.9.